The Morgan fingerprint density at radius 1 is 1.00 bits per heavy atom. The third kappa shape index (κ3) is 6.42. The predicted octanol–water partition coefficient (Wildman–Crippen LogP) is 4.79. The lowest BCUT2D eigenvalue weighted by atomic mass is 10.1. The number of hydrogen-bond donors (Lipinski definition) is 0. The van der Waals surface area contributed by atoms with Crippen molar-refractivity contribution in [2.24, 2.45) is 0 Å². The van der Waals surface area contributed by atoms with Gasteiger partial charge in [0.25, 0.3) is 5.91 Å². The van der Waals surface area contributed by atoms with E-state index < -0.39 is 0 Å². The maximum Gasteiger partial charge on any atom is 0.254 e. The summed E-state index contributed by atoms with van der Waals surface area (Å²) in [6.07, 6.45) is 1.56. The van der Waals surface area contributed by atoms with Crippen molar-refractivity contribution < 1.29 is 14.3 Å². The second kappa shape index (κ2) is 12.7. The fraction of sp³-hybridized carbons (Fsp3) is 0.379. The van der Waals surface area contributed by atoms with Gasteiger partial charge in [0.2, 0.25) is 5.91 Å². The van der Waals surface area contributed by atoms with Gasteiger partial charge in [0, 0.05) is 43.3 Å². The Morgan fingerprint density at radius 2 is 1.76 bits per heavy atom. The molecule has 1 saturated heterocycles. The molecule has 2 aromatic carbocycles. The topological polar surface area (TPSA) is 78.9 Å². The Balaban J connectivity index is 1.40. The van der Waals surface area contributed by atoms with Crippen LogP contribution in [0.3, 0.4) is 0 Å². The first-order valence-corrected chi connectivity index (χ1v) is 13.4. The van der Waals surface area contributed by atoms with Gasteiger partial charge in [0.05, 0.1) is 17.8 Å². The number of ether oxygens (including phenoxy) is 1. The molecule has 8 nitrogen and oxygen atoms in total. The second-order valence-corrected chi connectivity index (χ2v) is 9.80. The van der Waals surface area contributed by atoms with Crippen LogP contribution >= 0.6 is 11.6 Å². The van der Waals surface area contributed by atoms with Crippen LogP contribution < -0.4 is 9.64 Å². The Hall–Kier alpha value is -3.65. The molecule has 2 heterocycles. The van der Waals surface area contributed by atoms with Gasteiger partial charge in [-0.25, -0.2) is 0 Å². The van der Waals surface area contributed by atoms with Gasteiger partial charge in [0.15, 0.2) is 5.82 Å². The van der Waals surface area contributed by atoms with Crippen molar-refractivity contribution >= 4 is 29.2 Å². The maximum atomic E-state index is 13.3. The summed E-state index contributed by atoms with van der Waals surface area (Å²) in [5, 5.41) is 9.46. The lowest BCUT2D eigenvalue weighted by Crippen LogP contribution is -2.47. The van der Waals surface area contributed by atoms with Gasteiger partial charge in [-0.1, -0.05) is 36.7 Å². The average molecular weight is 536 g/mol. The minimum atomic E-state index is -0.152. The number of halogens is 1. The molecule has 0 spiro atoms. The second-order valence-electron chi connectivity index (χ2n) is 9.40. The standard InChI is InChI=1S/C29H34ClN5O3/c1-4-21(2)35(29(37)22-10-12-23(38-3)13-11-22)20-28(36)34-17-7-16-33(18-19-34)27-15-14-26(31-32-27)24-8-5-6-9-25(24)30/h5-6,8-15,21H,4,7,16-20H2,1-3H3. The lowest BCUT2D eigenvalue weighted by Gasteiger charge is -2.31. The molecule has 3 aromatic rings. The molecule has 9 heteroatoms. The molecule has 0 aliphatic carbocycles. The summed E-state index contributed by atoms with van der Waals surface area (Å²) in [6, 6.07) is 18.4. The van der Waals surface area contributed by atoms with E-state index in [1.807, 2.05) is 55.1 Å². The van der Waals surface area contributed by atoms with Crippen molar-refractivity contribution in [3.8, 4) is 17.0 Å². The summed E-state index contributed by atoms with van der Waals surface area (Å²) in [5.74, 6) is 1.26. The number of nitrogens with zero attached hydrogens (tertiary/aromatic N) is 5. The van der Waals surface area contributed by atoms with Crippen LogP contribution in [-0.4, -0.2) is 77.7 Å². The van der Waals surface area contributed by atoms with E-state index in [1.165, 1.54) is 0 Å². The fourth-order valence-corrected chi connectivity index (χ4v) is 4.73. The summed E-state index contributed by atoms with van der Waals surface area (Å²) in [7, 11) is 1.59. The van der Waals surface area contributed by atoms with E-state index in [2.05, 4.69) is 15.1 Å². The van der Waals surface area contributed by atoms with Crippen LogP contribution in [0.2, 0.25) is 5.02 Å². The molecule has 0 saturated carbocycles. The molecule has 1 aliphatic heterocycles. The van der Waals surface area contributed by atoms with Crippen molar-refractivity contribution in [3.05, 3.63) is 71.2 Å². The van der Waals surface area contributed by atoms with Crippen molar-refractivity contribution in [2.45, 2.75) is 32.7 Å². The number of rotatable bonds is 8. The molecule has 1 fully saturated rings. The molecule has 0 N–H and O–H groups in total. The van der Waals surface area contributed by atoms with Crippen LogP contribution in [0, 0.1) is 0 Å². The van der Waals surface area contributed by atoms with E-state index in [0.29, 0.717) is 36.0 Å². The number of carbonyl (C=O) groups excluding carboxylic acids is 2. The number of benzene rings is 2. The first kappa shape index (κ1) is 27.4. The summed E-state index contributed by atoms with van der Waals surface area (Å²) < 4.78 is 5.20. The summed E-state index contributed by atoms with van der Waals surface area (Å²) >= 11 is 6.30. The highest BCUT2D eigenvalue weighted by Gasteiger charge is 2.27. The van der Waals surface area contributed by atoms with E-state index in [4.69, 9.17) is 16.3 Å². The van der Waals surface area contributed by atoms with Crippen LogP contribution in [0.15, 0.2) is 60.7 Å². The molecule has 0 bridgehead atoms. The Kier molecular flexibility index (Phi) is 9.18. The van der Waals surface area contributed by atoms with Crippen molar-refractivity contribution in [1.82, 2.24) is 20.0 Å². The zero-order valence-electron chi connectivity index (χ0n) is 22.1. The first-order chi connectivity index (χ1) is 18.4. The van der Waals surface area contributed by atoms with Gasteiger partial charge >= 0.3 is 0 Å². The van der Waals surface area contributed by atoms with Gasteiger partial charge in [-0.05, 0) is 62.2 Å². The van der Waals surface area contributed by atoms with E-state index in [-0.39, 0.29) is 24.4 Å². The molecule has 38 heavy (non-hydrogen) atoms. The predicted molar refractivity (Wildman–Crippen MR) is 150 cm³/mol. The van der Waals surface area contributed by atoms with Gasteiger partial charge < -0.3 is 19.4 Å². The maximum absolute atomic E-state index is 13.3. The number of amides is 2. The van der Waals surface area contributed by atoms with Crippen molar-refractivity contribution in [3.63, 3.8) is 0 Å². The average Bonchev–Trinajstić information content (AvgIpc) is 3.22. The van der Waals surface area contributed by atoms with E-state index in [0.717, 1.165) is 36.5 Å². The molecule has 1 atom stereocenters. The SMILES string of the molecule is CCC(C)N(CC(=O)N1CCCN(c2ccc(-c3ccccc3Cl)nn2)CC1)C(=O)c1ccc(OC)cc1. The smallest absolute Gasteiger partial charge is 0.254 e. The molecule has 4 rings (SSSR count). The van der Waals surface area contributed by atoms with Gasteiger partial charge in [-0.2, -0.15) is 0 Å². The molecule has 200 valence electrons. The largest absolute Gasteiger partial charge is 0.497 e. The summed E-state index contributed by atoms with van der Waals surface area (Å²) in [4.78, 5) is 32.3. The zero-order valence-corrected chi connectivity index (χ0v) is 22.9. The molecular weight excluding hydrogens is 502 g/mol. The number of hydrogen-bond acceptors (Lipinski definition) is 6. The number of anilines is 1. The van der Waals surface area contributed by atoms with Crippen molar-refractivity contribution in [2.75, 3.05) is 44.7 Å². The highest BCUT2D eigenvalue weighted by molar-refractivity contribution is 6.33. The molecule has 0 radical (unpaired) electrons. The van der Waals surface area contributed by atoms with Crippen molar-refractivity contribution in [1.29, 1.82) is 0 Å². The third-order valence-electron chi connectivity index (χ3n) is 7.00. The normalized spacial score (nSPS) is 14.5. The fourth-order valence-electron chi connectivity index (χ4n) is 4.50. The van der Waals surface area contributed by atoms with Crippen LogP contribution in [-0.2, 0) is 4.79 Å². The van der Waals surface area contributed by atoms with Gasteiger partial charge in [-0.15, -0.1) is 10.2 Å². The molecule has 2 amide bonds. The summed E-state index contributed by atoms with van der Waals surface area (Å²) in [6.45, 7) is 6.64. The number of methoxy groups -OCH3 is 1. The number of carbonyl (C=O) groups is 2. The zero-order chi connectivity index (χ0) is 27.1. The molecule has 1 aliphatic rings. The summed E-state index contributed by atoms with van der Waals surface area (Å²) in [5.41, 5.74) is 2.10. The van der Waals surface area contributed by atoms with E-state index in [9.17, 15) is 9.59 Å². The van der Waals surface area contributed by atoms with E-state index in [1.54, 1.807) is 36.3 Å². The Morgan fingerprint density at radius 3 is 2.42 bits per heavy atom. The first-order valence-electron chi connectivity index (χ1n) is 13.0. The van der Waals surface area contributed by atoms with E-state index >= 15 is 0 Å². The third-order valence-corrected chi connectivity index (χ3v) is 7.33. The molecule has 1 unspecified atom stereocenters. The monoisotopic (exact) mass is 535 g/mol. The van der Waals surface area contributed by atoms with Crippen LogP contribution in [0.1, 0.15) is 37.0 Å². The highest BCUT2D eigenvalue weighted by Crippen LogP contribution is 2.26. The highest BCUT2D eigenvalue weighted by atomic mass is 35.5. The molecular formula is C29H34ClN5O3. The molecule has 1 aromatic heterocycles. The Labute approximate surface area is 229 Å². The quantitative estimate of drug-likeness (QED) is 0.413. The lowest BCUT2D eigenvalue weighted by molar-refractivity contribution is -0.132. The number of aromatic nitrogens is 2. The minimum absolute atomic E-state index is 0.0471. The van der Waals surface area contributed by atoms with Crippen LogP contribution in [0.5, 0.6) is 5.75 Å². The van der Waals surface area contributed by atoms with Crippen LogP contribution in [0.25, 0.3) is 11.3 Å². The minimum Gasteiger partial charge on any atom is -0.497 e. The van der Waals surface area contributed by atoms with Crippen LogP contribution in [0.4, 0.5) is 5.82 Å². The van der Waals surface area contributed by atoms with Gasteiger partial charge in [0.1, 0.15) is 12.3 Å². The Bertz CT molecular complexity index is 1240. The van der Waals surface area contributed by atoms with Gasteiger partial charge in [-0.3, -0.25) is 9.59 Å².